The highest BCUT2D eigenvalue weighted by Crippen LogP contribution is 2.44. The molecule has 0 unspecified atom stereocenters. The summed E-state index contributed by atoms with van der Waals surface area (Å²) in [5, 5.41) is 13.2. The van der Waals surface area contributed by atoms with E-state index in [-0.39, 0.29) is 0 Å². The Bertz CT molecular complexity index is 2980. The number of hydrogen-bond donors (Lipinski definition) is 0. The number of benzene rings is 6. The average Bonchev–Trinajstić information content (AvgIpc) is 3.79. The first kappa shape index (κ1) is 30.2. The fourth-order valence-electron chi connectivity index (χ4n) is 6.77. The first-order valence-electron chi connectivity index (χ1n) is 16.7. The molecular formula is C44H24N6S2. The van der Waals surface area contributed by atoms with Gasteiger partial charge in [0.15, 0.2) is 23.3 Å². The van der Waals surface area contributed by atoms with Crippen molar-refractivity contribution in [2.45, 2.75) is 0 Å². The lowest BCUT2D eigenvalue weighted by molar-refractivity contribution is 1.08. The van der Waals surface area contributed by atoms with Crippen LogP contribution in [0.5, 0.6) is 0 Å². The van der Waals surface area contributed by atoms with E-state index in [2.05, 4.69) is 60.7 Å². The number of nitriles is 1. The van der Waals surface area contributed by atoms with E-state index in [0.717, 1.165) is 74.0 Å². The lowest BCUT2D eigenvalue weighted by Gasteiger charge is -2.10. The Morgan fingerprint density at radius 3 is 1.85 bits per heavy atom. The van der Waals surface area contributed by atoms with Crippen LogP contribution in [0, 0.1) is 11.3 Å². The largest absolute Gasteiger partial charge is 0.226 e. The third kappa shape index (κ3) is 5.03. The van der Waals surface area contributed by atoms with Gasteiger partial charge in [-0.15, -0.1) is 22.7 Å². The quantitative estimate of drug-likeness (QED) is 0.178. The maximum absolute atomic E-state index is 9.94. The molecule has 8 heteroatoms. The van der Waals surface area contributed by atoms with E-state index in [1.807, 2.05) is 91.0 Å². The van der Waals surface area contributed by atoms with Crippen LogP contribution in [-0.4, -0.2) is 24.9 Å². The van der Waals surface area contributed by atoms with Crippen molar-refractivity contribution in [3.05, 3.63) is 151 Å². The second-order valence-corrected chi connectivity index (χ2v) is 14.5. The Morgan fingerprint density at radius 2 is 1.08 bits per heavy atom. The van der Waals surface area contributed by atoms with Crippen molar-refractivity contribution in [3.63, 3.8) is 0 Å². The first-order chi connectivity index (χ1) is 25.7. The standard InChI is InChI=1S/C44H24N6S2/c45-25-29-16-7-8-17-30(29)43-46-38(40-39(47-43)32-18-9-10-20-34(32)52-40)28-22-23-31-36(24-28)51-35-21-11-19-33(37(31)35)44-49-41(26-12-3-1-4-13-26)48-42(50-44)27-14-5-2-6-15-27/h1-24H. The molecule has 0 saturated heterocycles. The molecule has 6 aromatic carbocycles. The lowest BCUT2D eigenvalue weighted by atomic mass is 10.0. The van der Waals surface area contributed by atoms with Gasteiger partial charge in [-0.3, -0.25) is 0 Å². The van der Waals surface area contributed by atoms with Gasteiger partial charge in [0, 0.05) is 58.1 Å². The zero-order chi connectivity index (χ0) is 34.6. The lowest BCUT2D eigenvalue weighted by Crippen LogP contribution is -2.00. The number of fused-ring (bicyclic) bond motifs is 6. The average molecular weight is 701 g/mol. The molecule has 0 bridgehead atoms. The summed E-state index contributed by atoms with van der Waals surface area (Å²) >= 11 is 3.44. The molecule has 0 fully saturated rings. The van der Waals surface area contributed by atoms with Crippen LogP contribution in [0.3, 0.4) is 0 Å². The van der Waals surface area contributed by atoms with Gasteiger partial charge in [-0.25, -0.2) is 24.9 Å². The number of hydrogen-bond acceptors (Lipinski definition) is 8. The van der Waals surface area contributed by atoms with Crippen LogP contribution in [0.1, 0.15) is 5.56 Å². The molecule has 0 N–H and O–H groups in total. The van der Waals surface area contributed by atoms with Crippen molar-refractivity contribution in [2.75, 3.05) is 0 Å². The molecule has 4 heterocycles. The molecule has 0 aliphatic carbocycles. The van der Waals surface area contributed by atoms with Crippen molar-refractivity contribution < 1.29 is 0 Å². The van der Waals surface area contributed by atoms with Gasteiger partial charge in [0.1, 0.15) is 0 Å². The van der Waals surface area contributed by atoms with Crippen LogP contribution in [0.2, 0.25) is 0 Å². The SMILES string of the molecule is N#Cc1ccccc1-c1nc(-c2ccc3c(c2)sc2cccc(-c4nc(-c5ccccc5)nc(-c5ccccc5)n4)c23)c2sc3ccccc3c2n1. The topological polar surface area (TPSA) is 88.2 Å². The number of rotatable bonds is 5. The smallest absolute Gasteiger partial charge is 0.164 e. The van der Waals surface area contributed by atoms with Gasteiger partial charge in [-0.05, 0) is 30.3 Å². The number of aromatic nitrogens is 5. The molecule has 0 amide bonds. The monoisotopic (exact) mass is 700 g/mol. The summed E-state index contributed by atoms with van der Waals surface area (Å²) < 4.78 is 4.44. The van der Waals surface area contributed by atoms with Gasteiger partial charge in [-0.1, -0.05) is 115 Å². The normalized spacial score (nSPS) is 11.4. The van der Waals surface area contributed by atoms with E-state index < -0.39 is 0 Å². The molecule has 0 spiro atoms. The molecule has 0 saturated carbocycles. The van der Waals surface area contributed by atoms with Gasteiger partial charge in [-0.2, -0.15) is 5.26 Å². The molecule has 4 aromatic heterocycles. The van der Waals surface area contributed by atoms with E-state index in [9.17, 15) is 5.26 Å². The second-order valence-electron chi connectivity index (χ2n) is 12.4. The Kier molecular flexibility index (Phi) is 7.13. The third-order valence-electron chi connectivity index (χ3n) is 9.22. The summed E-state index contributed by atoms with van der Waals surface area (Å²) in [6.07, 6.45) is 0. The minimum Gasteiger partial charge on any atom is -0.226 e. The maximum Gasteiger partial charge on any atom is 0.164 e. The first-order valence-corrected chi connectivity index (χ1v) is 18.4. The summed E-state index contributed by atoms with van der Waals surface area (Å²) in [5.74, 6) is 2.44. The molecule has 0 atom stereocenters. The van der Waals surface area contributed by atoms with E-state index in [1.165, 1.54) is 0 Å². The highest BCUT2D eigenvalue weighted by atomic mass is 32.1. The van der Waals surface area contributed by atoms with Crippen LogP contribution in [0.4, 0.5) is 0 Å². The Morgan fingerprint density at radius 1 is 0.442 bits per heavy atom. The fourth-order valence-corrected chi connectivity index (χ4v) is 9.10. The van der Waals surface area contributed by atoms with Crippen LogP contribution in [-0.2, 0) is 0 Å². The van der Waals surface area contributed by atoms with Crippen molar-refractivity contribution in [1.82, 2.24) is 24.9 Å². The number of nitrogens with zero attached hydrogens (tertiary/aromatic N) is 6. The van der Waals surface area contributed by atoms with Gasteiger partial charge in [0.25, 0.3) is 0 Å². The minimum absolute atomic E-state index is 0.542. The second kappa shape index (κ2) is 12.3. The molecular weight excluding hydrogens is 677 g/mol. The Labute approximate surface area is 306 Å². The minimum atomic E-state index is 0.542. The van der Waals surface area contributed by atoms with E-state index in [1.54, 1.807) is 22.7 Å². The molecule has 6 nitrogen and oxygen atoms in total. The van der Waals surface area contributed by atoms with Crippen molar-refractivity contribution >= 4 is 63.1 Å². The predicted octanol–water partition coefficient (Wildman–Crippen LogP) is 11.6. The molecule has 0 aliphatic rings. The molecule has 52 heavy (non-hydrogen) atoms. The van der Waals surface area contributed by atoms with Crippen LogP contribution in [0.15, 0.2) is 146 Å². The summed E-state index contributed by atoms with van der Waals surface area (Å²) in [4.78, 5) is 25.2. The van der Waals surface area contributed by atoms with Crippen molar-refractivity contribution in [2.24, 2.45) is 0 Å². The number of thiophene rings is 2. The highest BCUT2D eigenvalue weighted by Gasteiger charge is 2.20. The zero-order valence-corrected chi connectivity index (χ0v) is 29.0. The Hall–Kier alpha value is -6.66. The van der Waals surface area contributed by atoms with E-state index >= 15 is 0 Å². The van der Waals surface area contributed by atoms with Crippen molar-refractivity contribution in [1.29, 1.82) is 5.26 Å². The van der Waals surface area contributed by atoms with Gasteiger partial charge in [0.2, 0.25) is 0 Å². The molecule has 10 aromatic rings. The fraction of sp³-hybridized carbons (Fsp3) is 0. The zero-order valence-electron chi connectivity index (χ0n) is 27.4. The summed E-state index contributed by atoms with van der Waals surface area (Å²) in [6.45, 7) is 0. The van der Waals surface area contributed by atoms with E-state index in [0.29, 0.717) is 28.9 Å². The summed E-state index contributed by atoms with van der Waals surface area (Å²) in [6, 6.07) is 51.2. The molecule has 0 radical (unpaired) electrons. The van der Waals surface area contributed by atoms with Crippen LogP contribution in [0.25, 0.3) is 97.3 Å². The van der Waals surface area contributed by atoms with Crippen molar-refractivity contribution in [3.8, 4) is 62.9 Å². The molecule has 10 rings (SSSR count). The van der Waals surface area contributed by atoms with E-state index in [4.69, 9.17) is 24.9 Å². The third-order valence-corrected chi connectivity index (χ3v) is 11.5. The highest BCUT2D eigenvalue weighted by molar-refractivity contribution is 7.26. The van der Waals surface area contributed by atoms with Gasteiger partial charge in [0.05, 0.1) is 27.5 Å². The Balaban J connectivity index is 1.18. The predicted molar refractivity (Wildman–Crippen MR) is 213 cm³/mol. The van der Waals surface area contributed by atoms with Gasteiger partial charge < -0.3 is 0 Å². The van der Waals surface area contributed by atoms with Gasteiger partial charge >= 0.3 is 0 Å². The maximum atomic E-state index is 9.94. The van der Waals surface area contributed by atoms with Crippen LogP contribution < -0.4 is 0 Å². The summed E-state index contributed by atoms with van der Waals surface area (Å²) in [7, 11) is 0. The summed E-state index contributed by atoms with van der Waals surface area (Å²) in [5.41, 5.74) is 6.83. The van der Waals surface area contributed by atoms with Crippen LogP contribution >= 0.6 is 22.7 Å². The molecule has 242 valence electrons. The molecule has 0 aliphatic heterocycles.